The van der Waals surface area contributed by atoms with Crippen molar-refractivity contribution in [3.05, 3.63) is 70.8 Å². The first-order chi connectivity index (χ1) is 11.6. The molecule has 0 bridgehead atoms. The van der Waals surface area contributed by atoms with Crippen molar-refractivity contribution in [2.45, 2.75) is 38.8 Å². The van der Waals surface area contributed by atoms with Gasteiger partial charge in [-0.15, -0.1) is 0 Å². The normalized spacial score (nSPS) is 17.3. The van der Waals surface area contributed by atoms with E-state index in [0.717, 1.165) is 25.9 Å². The molecule has 1 amide bonds. The summed E-state index contributed by atoms with van der Waals surface area (Å²) in [7, 11) is 2.14. The second kappa shape index (κ2) is 7.63. The van der Waals surface area contributed by atoms with E-state index in [-0.39, 0.29) is 5.91 Å². The maximum atomic E-state index is 12.1. The van der Waals surface area contributed by atoms with Crippen LogP contribution in [0.3, 0.4) is 0 Å². The van der Waals surface area contributed by atoms with Gasteiger partial charge in [0.15, 0.2) is 0 Å². The van der Waals surface area contributed by atoms with Gasteiger partial charge in [-0.2, -0.15) is 0 Å². The van der Waals surface area contributed by atoms with Crippen LogP contribution in [0.25, 0.3) is 0 Å². The third-order valence-electron chi connectivity index (χ3n) is 4.91. The molecule has 0 fully saturated rings. The molecular formula is C21H26N2O. The molecule has 3 nitrogen and oxygen atoms in total. The van der Waals surface area contributed by atoms with Gasteiger partial charge in [0.05, 0.1) is 0 Å². The number of fused-ring (bicyclic) bond motifs is 1. The van der Waals surface area contributed by atoms with Crippen LogP contribution in [0.2, 0.25) is 0 Å². The SMILES string of the molecule is Cc1ccc(CCC(=O)NCC2Cc3ccccc3CN2C)cc1. The Hall–Kier alpha value is -2.13. The molecule has 1 unspecified atom stereocenters. The van der Waals surface area contributed by atoms with Crippen molar-refractivity contribution < 1.29 is 4.79 Å². The Kier molecular flexibility index (Phi) is 5.31. The van der Waals surface area contributed by atoms with Crippen LogP contribution in [0.1, 0.15) is 28.7 Å². The largest absolute Gasteiger partial charge is 0.355 e. The lowest BCUT2D eigenvalue weighted by Gasteiger charge is -2.34. The van der Waals surface area contributed by atoms with Crippen molar-refractivity contribution in [2.75, 3.05) is 13.6 Å². The number of carbonyl (C=O) groups excluding carboxylic acids is 1. The summed E-state index contributed by atoms with van der Waals surface area (Å²) in [6.07, 6.45) is 2.36. The van der Waals surface area contributed by atoms with Gasteiger partial charge in [-0.25, -0.2) is 0 Å². The molecule has 0 saturated carbocycles. The number of nitrogens with zero attached hydrogens (tertiary/aromatic N) is 1. The molecule has 0 spiro atoms. The molecular weight excluding hydrogens is 296 g/mol. The van der Waals surface area contributed by atoms with Crippen LogP contribution >= 0.6 is 0 Å². The molecule has 126 valence electrons. The molecule has 1 atom stereocenters. The minimum atomic E-state index is 0.142. The van der Waals surface area contributed by atoms with Crippen LogP contribution in [0.15, 0.2) is 48.5 Å². The highest BCUT2D eigenvalue weighted by molar-refractivity contribution is 5.76. The Morgan fingerprint density at radius 1 is 1.12 bits per heavy atom. The molecule has 2 aromatic rings. The lowest BCUT2D eigenvalue weighted by Crippen LogP contribution is -2.45. The molecule has 2 aromatic carbocycles. The van der Waals surface area contributed by atoms with E-state index in [1.54, 1.807) is 0 Å². The Morgan fingerprint density at radius 3 is 2.58 bits per heavy atom. The molecule has 3 heteroatoms. The smallest absolute Gasteiger partial charge is 0.220 e. The van der Waals surface area contributed by atoms with E-state index < -0.39 is 0 Å². The van der Waals surface area contributed by atoms with Gasteiger partial charge >= 0.3 is 0 Å². The van der Waals surface area contributed by atoms with Crippen LogP contribution in [-0.4, -0.2) is 30.4 Å². The summed E-state index contributed by atoms with van der Waals surface area (Å²) in [5, 5.41) is 3.11. The first-order valence-corrected chi connectivity index (χ1v) is 8.71. The number of nitrogens with one attached hydrogen (secondary N) is 1. The van der Waals surface area contributed by atoms with Crippen molar-refractivity contribution in [2.24, 2.45) is 0 Å². The zero-order valence-electron chi connectivity index (χ0n) is 14.6. The zero-order chi connectivity index (χ0) is 16.9. The number of amides is 1. The minimum Gasteiger partial charge on any atom is -0.355 e. The van der Waals surface area contributed by atoms with Gasteiger partial charge in [0.2, 0.25) is 5.91 Å². The monoisotopic (exact) mass is 322 g/mol. The van der Waals surface area contributed by atoms with Crippen LogP contribution in [-0.2, 0) is 24.2 Å². The summed E-state index contributed by atoms with van der Waals surface area (Å²) < 4.78 is 0. The number of benzene rings is 2. The van der Waals surface area contributed by atoms with E-state index >= 15 is 0 Å². The summed E-state index contributed by atoms with van der Waals surface area (Å²) >= 11 is 0. The number of rotatable bonds is 5. The fourth-order valence-corrected chi connectivity index (χ4v) is 3.28. The van der Waals surface area contributed by atoms with E-state index in [4.69, 9.17) is 0 Å². The average molecular weight is 322 g/mol. The number of hydrogen-bond acceptors (Lipinski definition) is 2. The third-order valence-corrected chi connectivity index (χ3v) is 4.91. The van der Waals surface area contributed by atoms with Crippen LogP contribution < -0.4 is 5.32 Å². The molecule has 0 saturated heterocycles. The molecule has 1 heterocycles. The number of hydrogen-bond donors (Lipinski definition) is 1. The molecule has 24 heavy (non-hydrogen) atoms. The first-order valence-electron chi connectivity index (χ1n) is 8.71. The Labute approximate surface area is 144 Å². The van der Waals surface area contributed by atoms with Crippen LogP contribution in [0.5, 0.6) is 0 Å². The topological polar surface area (TPSA) is 32.3 Å². The highest BCUT2D eigenvalue weighted by atomic mass is 16.1. The quantitative estimate of drug-likeness (QED) is 0.917. The minimum absolute atomic E-state index is 0.142. The van der Waals surface area contributed by atoms with Gasteiger partial charge < -0.3 is 5.32 Å². The van der Waals surface area contributed by atoms with Crippen LogP contribution in [0, 0.1) is 6.92 Å². The number of aryl methyl sites for hydroxylation is 2. The van der Waals surface area contributed by atoms with E-state index in [2.05, 4.69) is 72.7 Å². The lowest BCUT2D eigenvalue weighted by molar-refractivity contribution is -0.121. The Bertz CT molecular complexity index is 693. The maximum absolute atomic E-state index is 12.1. The predicted octanol–water partition coefficient (Wildman–Crippen LogP) is 3.10. The van der Waals surface area contributed by atoms with Crippen LogP contribution in [0.4, 0.5) is 0 Å². The molecule has 0 aromatic heterocycles. The molecule has 1 aliphatic heterocycles. The maximum Gasteiger partial charge on any atom is 0.220 e. The van der Waals surface area contributed by atoms with Crippen molar-refractivity contribution in [1.29, 1.82) is 0 Å². The summed E-state index contributed by atoms with van der Waals surface area (Å²) in [5.74, 6) is 0.142. The van der Waals surface area contributed by atoms with Gasteiger partial charge in [0, 0.05) is 25.6 Å². The molecule has 3 rings (SSSR count). The van der Waals surface area contributed by atoms with Crippen molar-refractivity contribution in [1.82, 2.24) is 10.2 Å². The van der Waals surface area contributed by atoms with Gasteiger partial charge in [-0.05, 0) is 43.5 Å². The lowest BCUT2D eigenvalue weighted by atomic mass is 9.94. The third kappa shape index (κ3) is 4.24. The fraction of sp³-hybridized carbons (Fsp3) is 0.381. The average Bonchev–Trinajstić information content (AvgIpc) is 2.59. The van der Waals surface area contributed by atoms with E-state index in [1.807, 2.05) is 0 Å². The van der Waals surface area contributed by atoms with Gasteiger partial charge in [0.1, 0.15) is 0 Å². The Balaban J connectivity index is 1.47. The molecule has 1 N–H and O–H groups in total. The van der Waals surface area contributed by atoms with Crippen molar-refractivity contribution >= 4 is 5.91 Å². The predicted molar refractivity (Wildman–Crippen MR) is 97.9 cm³/mol. The second-order valence-electron chi connectivity index (χ2n) is 6.83. The Morgan fingerprint density at radius 2 is 1.83 bits per heavy atom. The summed E-state index contributed by atoms with van der Waals surface area (Å²) in [5.41, 5.74) is 5.29. The van der Waals surface area contributed by atoms with Gasteiger partial charge in [-0.1, -0.05) is 54.1 Å². The highest BCUT2D eigenvalue weighted by Gasteiger charge is 2.23. The molecule has 1 aliphatic rings. The summed E-state index contributed by atoms with van der Waals surface area (Å²) in [4.78, 5) is 14.5. The highest BCUT2D eigenvalue weighted by Crippen LogP contribution is 2.21. The van der Waals surface area contributed by atoms with Gasteiger partial charge in [-0.3, -0.25) is 9.69 Å². The van der Waals surface area contributed by atoms with E-state index in [1.165, 1.54) is 22.3 Å². The second-order valence-corrected chi connectivity index (χ2v) is 6.83. The summed E-state index contributed by atoms with van der Waals surface area (Å²) in [6.45, 7) is 3.76. The zero-order valence-corrected chi connectivity index (χ0v) is 14.6. The number of carbonyl (C=O) groups is 1. The first kappa shape index (κ1) is 16.7. The number of likely N-dealkylation sites (N-methyl/N-ethyl adjacent to an activating group) is 1. The fourth-order valence-electron chi connectivity index (χ4n) is 3.28. The van der Waals surface area contributed by atoms with E-state index in [9.17, 15) is 4.79 Å². The summed E-state index contributed by atoms with van der Waals surface area (Å²) in [6, 6.07) is 17.4. The molecule has 0 radical (unpaired) electrons. The standard InChI is InChI=1S/C21H26N2O/c1-16-7-9-17(10-8-16)11-12-21(24)22-14-20-13-18-5-3-4-6-19(18)15-23(20)2/h3-10,20H,11-15H2,1-2H3,(H,22,24). The van der Waals surface area contributed by atoms with Crippen molar-refractivity contribution in [3.63, 3.8) is 0 Å². The molecule has 0 aliphatic carbocycles. The van der Waals surface area contributed by atoms with Crippen molar-refractivity contribution in [3.8, 4) is 0 Å². The van der Waals surface area contributed by atoms with Gasteiger partial charge in [0.25, 0.3) is 0 Å². The van der Waals surface area contributed by atoms with E-state index in [0.29, 0.717) is 12.5 Å².